The van der Waals surface area contributed by atoms with E-state index in [0.717, 1.165) is 0 Å². The van der Waals surface area contributed by atoms with Crippen LogP contribution in [0, 0.1) is 0 Å². The van der Waals surface area contributed by atoms with Crippen molar-refractivity contribution < 1.29 is 22.6 Å². The van der Waals surface area contributed by atoms with Crippen molar-refractivity contribution in [2.24, 2.45) is 0 Å². The highest BCUT2D eigenvalue weighted by molar-refractivity contribution is 5.56. The van der Waals surface area contributed by atoms with Gasteiger partial charge in [-0.15, -0.1) is 0 Å². The average Bonchev–Trinajstić information content (AvgIpc) is 2.62. The summed E-state index contributed by atoms with van der Waals surface area (Å²) in [4.78, 5) is 7.66. The third kappa shape index (κ3) is 4.87. The van der Waals surface area contributed by atoms with Crippen LogP contribution in [0.1, 0.15) is 12.5 Å². The predicted molar refractivity (Wildman–Crippen MR) is 94.4 cm³/mol. The second kappa shape index (κ2) is 7.94. The van der Waals surface area contributed by atoms with Crippen LogP contribution in [0.2, 0.25) is 0 Å². The molecule has 0 aliphatic carbocycles. The van der Waals surface area contributed by atoms with Crippen molar-refractivity contribution in [3.05, 3.63) is 66.4 Å². The molecule has 5 nitrogen and oxygen atoms in total. The Hall–Kier alpha value is -3.29. The van der Waals surface area contributed by atoms with Gasteiger partial charge in [-0.25, -0.2) is 4.98 Å². The lowest BCUT2D eigenvalue weighted by molar-refractivity contribution is -0.139. The number of benzene rings is 2. The van der Waals surface area contributed by atoms with Gasteiger partial charge in [0.15, 0.2) is 0 Å². The zero-order valence-electron chi connectivity index (χ0n) is 14.3. The van der Waals surface area contributed by atoms with Gasteiger partial charge >= 0.3 is 6.18 Å². The SMILES string of the molecule is CCOc1cccc(Nc2ncc(C(F)(F)F)c(Oc3ccccc3)n2)c1. The molecule has 0 saturated heterocycles. The van der Waals surface area contributed by atoms with Gasteiger partial charge in [0.05, 0.1) is 6.61 Å². The van der Waals surface area contributed by atoms with Crippen molar-refractivity contribution in [1.29, 1.82) is 0 Å². The molecular formula is C19H16F3N3O2. The largest absolute Gasteiger partial charge is 0.494 e. The molecule has 1 heterocycles. The van der Waals surface area contributed by atoms with Crippen LogP contribution in [-0.2, 0) is 6.18 Å². The topological polar surface area (TPSA) is 56.3 Å². The quantitative estimate of drug-likeness (QED) is 0.623. The van der Waals surface area contributed by atoms with E-state index in [2.05, 4.69) is 15.3 Å². The summed E-state index contributed by atoms with van der Waals surface area (Å²) in [6.07, 6.45) is -3.95. The number of rotatable bonds is 6. The number of anilines is 2. The number of ether oxygens (including phenoxy) is 2. The van der Waals surface area contributed by atoms with E-state index >= 15 is 0 Å². The van der Waals surface area contributed by atoms with E-state index < -0.39 is 17.6 Å². The van der Waals surface area contributed by atoms with E-state index in [1.807, 2.05) is 6.92 Å². The van der Waals surface area contributed by atoms with Crippen LogP contribution >= 0.6 is 0 Å². The molecule has 3 aromatic rings. The van der Waals surface area contributed by atoms with Gasteiger partial charge in [0.2, 0.25) is 11.8 Å². The molecule has 0 saturated carbocycles. The zero-order valence-corrected chi connectivity index (χ0v) is 14.3. The van der Waals surface area contributed by atoms with Gasteiger partial charge in [0, 0.05) is 18.0 Å². The zero-order chi connectivity index (χ0) is 19.3. The molecule has 0 spiro atoms. The van der Waals surface area contributed by atoms with Crippen LogP contribution in [0.4, 0.5) is 24.8 Å². The Labute approximate surface area is 153 Å². The van der Waals surface area contributed by atoms with Crippen molar-refractivity contribution in [3.8, 4) is 17.4 Å². The first-order chi connectivity index (χ1) is 13.0. The summed E-state index contributed by atoms with van der Waals surface area (Å²) < 4.78 is 50.5. The van der Waals surface area contributed by atoms with Gasteiger partial charge in [0.1, 0.15) is 17.1 Å². The lowest BCUT2D eigenvalue weighted by Gasteiger charge is -2.14. The molecule has 1 N–H and O–H groups in total. The monoisotopic (exact) mass is 375 g/mol. The molecule has 0 aliphatic rings. The Morgan fingerprint density at radius 3 is 2.44 bits per heavy atom. The third-order valence-electron chi connectivity index (χ3n) is 3.42. The number of nitrogens with zero attached hydrogens (tertiary/aromatic N) is 2. The summed E-state index contributed by atoms with van der Waals surface area (Å²) >= 11 is 0. The highest BCUT2D eigenvalue weighted by Gasteiger charge is 2.36. The van der Waals surface area contributed by atoms with E-state index in [4.69, 9.17) is 9.47 Å². The predicted octanol–water partition coefficient (Wildman–Crippen LogP) is 5.43. The highest BCUT2D eigenvalue weighted by Crippen LogP contribution is 2.37. The van der Waals surface area contributed by atoms with Crippen LogP contribution in [0.5, 0.6) is 17.4 Å². The highest BCUT2D eigenvalue weighted by atomic mass is 19.4. The minimum absolute atomic E-state index is 0.0254. The Bertz CT molecular complexity index is 902. The van der Waals surface area contributed by atoms with Crippen LogP contribution in [0.15, 0.2) is 60.8 Å². The Morgan fingerprint density at radius 2 is 1.74 bits per heavy atom. The Balaban J connectivity index is 1.90. The van der Waals surface area contributed by atoms with Crippen molar-refractivity contribution in [1.82, 2.24) is 9.97 Å². The summed E-state index contributed by atoms with van der Waals surface area (Å²) in [5.74, 6) is 0.260. The van der Waals surface area contributed by atoms with Crippen LogP contribution in [0.3, 0.4) is 0 Å². The lowest BCUT2D eigenvalue weighted by atomic mass is 10.3. The molecular weight excluding hydrogens is 359 g/mol. The molecule has 0 aliphatic heterocycles. The van der Waals surface area contributed by atoms with Crippen LogP contribution in [-0.4, -0.2) is 16.6 Å². The maximum atomic E-state index is 13.3. The molecule has 140 valence electrons. The second-order valence-corrected chi connectivity index (χ2v) is 5.41. The third-order valence-corrected chi connectivity index (χ3v) is 3.42. The lowest BCUT2D eigenvalue weighted by Crippen LogP contribution is -2.11. The summed E-state index contributed by atoms with van der Waals surface area (Å²) in [5, 5.41) is 2.86. The molecule has 3 rings (SSSR count). The number of halogens is 3. The molecule has 27 heavy (non-hydrogen) atoms. The van der Waals surface area contributed by atoms with Crippen molar-refractivity contribution in [3.63, 3.8) is 0 Å². The number of alkyl halides is 3. The molecule has 8 heteroatoms. The molecule has 0 radical (unpaired) electrons. The fourth-order valence-corrected chi connectivity index (χ4v) is 2.26. The summed E-state index contributed by atoms with van der Waals surface area (Å²) in [5.41, 5.74) is -0.480. The van der Waals surface area contributed by atoms with Crippen molar-refractivity contribution in [2.75, 3.05) is 11.9 Å². The van der Waals surface area contributed by atoms with Crippen molar-refractivity contribution in [2.45, 2.75) is 13.1 Å². The number of hydrogen-bond donors (Lipinski definition) is 1. The molecule has 0 fully saturated rings. The minimum Gasteiger partial charge on any atom is -0.494 e. The number of nitrogens with one attached hydrogen (secondary N) is 1. The van der Waals surface area contributed by atoms with E-state index in [-0.39, 0.29) is 11.7 Å². The molecule has 0 atom stereocenters. The number of hydrogen-bond acceptors (Lipinski definition) is 5. The van der Waals surface area contributed by atoms with Gasteiger partial charge in [0.25, 0.3) is 0 Å². The second-order valence-electron chi connectivity index (χ2n) is 5.41. The summed E-state index contributed by atoms with van der Waals surface area (Å²) in [6, 6.07) is 15.1. The minimum atomic E-state index is -4.64. The van der Waals surface area contributed by atoms with Crippen LogP contribution < -0.4 is 14.8 Å². The Morgan fingerprint density at radius 1 is 1.00 bits per heavy atom. The standard InChI is InChI=1S/C19H16F3N3O2/c1-2-26-15-10-6-7-13(11-15)24-18-23-12-16(19(20,21)22)17(25-18)27-14-8-4-3-5-9-14/h3-12H,2H2,1H3,(H,23,24,25). The van der Waals surface area contributed by atoms with Gasteiger partial charge in [-0.1, -0.05) is 24.3 Å². The van der Waals surface area contributed by atoms with E-state index in [0.29, 0.717) is 24.2 Å². The van der Waals surface area contributed by atoms with Crippen LogP contribution in [0.25, 0.3) is 0 Å². The maximum absolute atomic E-state index is 13.3. The normalized spacial score (nSPS) is 11.1. The smallest absolute Gasteiger partial charge is 0.423 e. The van der Waals surface area contributed by atoms with E-state index in [9.17, 15) is 13.2 Å². The molecule has 0 amide bonds. The fraction of sp³-hybridized carbons (Fsp3) is 0.158. The molecule has 0 unspecified atom stereocenters. The first-order valence-electron chi connectivity index (χ1n) is 8.12. The first-order valence-corrected chi connectivity index (χ1v) is 8.12. The van der Waals surface area contributed by atoms with E-state index in [1.165, 1.54) is 0 Å². The molecule has 1 aromatic heterocycles. The average molecular weight is 375 g/mol. The number of para-hydroxylation sites is 1. The summed E-state index contributed by atoms with van der Waals surface area (Å²) in [6.45, 7) is 2.35. The molecule has 0 bridgehead atoms. The van der Waals surface area contributed by atoms with Gasteiger partial charge < -0.3 is 14.8 Å². The first kappa shape index (κ1) is 18.5. The maximum Gasteiger partial charge on any atom is 0.423 e. The Kier molecular flexibility index (Phi) is 5.44. The van der Waals surface area contributed by atoms with E-state index in [1.54, 1.807) is 54.6 Å². The van der Waals surface area contributed by atoms with Gasteiger partial charge in [-0.3, -0.25) is 0 Å². The van der Waals surface area contributed by atoms with Gasteiger partial charge in [-0.2, -0.15) is 18.2 Å². The summed E-state index contributed by atoms with van der Waals surface area (Å²) in [7, 11) is 0. The fourth-order valence-electron chi connectivity index (χ4n) is 2.26. The van der Waals surface area contributed by atoms with Crippen molar-refractivity contribution >= 4 is 11.6 Å². The molecule has 2 aromatic carbocycles. The van der Waals surface area contributed by atoms with Gasteiger partial charge in [-0.05, 0) is 31.2 Å². The number of aromatic nitrogens is 2.